The largest absolute Gasteiger partial charge is 0.458 e. The number of hydrogen-bond acceptors (Lipinski definition) is 3. The van der Waals surface area contributed by atoms with Gasteiger partial charge in [0, 0.05) is 6.54 Å². The van der Waals surface area contributed by atoms with Gasteiger partial charge in [0.15, 0.2) is 0 Å². The van der Waals surface area contributed by atoms with Crippen LogP contribution in [0, 0.1) is 0 Å². The molecule has 0 bridgehead atoms. The quantitative estimate of drug-likeness (QED) is 0.788. The summed E-state index contributed by atoms with van der Waals surface area (Å²) in [6, 6.07) is 6.36. The smallest absolute Gasteiger partial charge is 0.329 e. The first kappa shape index (κ1) is 15.8. The Labute approximate surface area is 130 Å². The topological polar surface area (TPSA) is 46.6 Å². The summed E-state index contributed by atoms with van der Waals surface area (Å²) < 4.78 is 5.40. The zero-order valence-corrected chi connectivity index (χ0v) is 13.3. The number of carbonyl (C=O) groups excluding carboxylic acids is 2. The van der Waals surface area contributed by atoms with E-state index in [0.717, 1.165) is 6.42 Å². The minimum absolute atomic E-state index is 0.214. The second kappa shape index (κ2) is 6.06. The standard InChI is InChI=1S/C16H20ClNO3/c1-16(2,3)21-15(20)13-9-6-10-18(13)14(19)11-7-4-5-8-12(11)17/h4-5,7-8,13H,6,9-10H2,1-3H3/t13-/m0/s1. The first-order valence-electron chi connectivity index (χ1n) is 7.08. The Balaban J connectivity index is 2.17. The van der Waals surface area contributed by atoms with Gasteiger partial charge in [0.1, 0.15) is 11.6 Å². The highest BCUT2D eigenvalue weighted by Crippen LogP contribution is 2.25. The predicted molar refractivity (Wildman–Crippen MR) is 81.4 cm³/mol. The average molecular weight is 310 g/mol. The van der Waals surface area contributed by atoms with Gasteiger partial charge in [-0.05, 0) is 45.7 Å². The van der Waals surface area contributed by atoms with Crippen LogP contribution in [0.15, 0.2) is 24.3 Å². The van der Waals surface area contributed by atoms with E-state index in [1.54, 1.807) is 29.2 Å². The summed E-state index contributed by atoms with van der Waals surface area (Å²) in [7, 11) is 0. The first-order chi connectivity index (χ1) is 9.79. The zero-order valence-electron chi connectivity index (χ0n) is 12.6. The molecule has 21 heavy (non-hydrogen) atoms. The molecule has 0 unspecified atom stereocenters. The number of halogens is 1. The maximum absolute atomic E-state index is 12.6. The SMILES string of the molecule is CC(C)(C)OC(=O)[C@@H]1CCCN1C(=O)c1ccccc1Cl. The Morgan fingerprint density at radius 2 is 1.95 bits per heavy atom. The molecular weight excluding hydrogens is 290 g/mol. The fourth-order valence-corrected chi connectivity index (χ4v) is 2.63. The third-order valence-corrected chi connectivity index (χ3v) is 3.63. The second-order valence-electron chi connectivity index (χ2n) is 6.17. The molecule has 4 nitrogen and oxygen atoms in total. The molecule has 2 rings (SSSR count). The van der Waals surface area contributed by atoms with Crippen molar-refractivity contribution < 1.29 is 14.3 Å². The van der Waals surface area contributed by atoms with Crippen molar-refractivity contribution in [2.45, 2.75) is 45.3 Å². The summed E-state index contributed by atoms with van der Waals surface area (Å²) in [5.74, 6) is -0.561. The van der Waals surface area contributed by atoms with Gasteiger partial charge in [0.2, 0.25) is 0 Å². The molecule has 1 saturated heterocycles. The van der Waals surface area contributed by atoms with E-state index in [1.165, 1.54) is 0 Å². The van der Waals surface area contributed by atoms with Gasteiger partial charge in [0.05, 0.1) is 10.6 Å². The number of likely N-dealkylation sites (tertiary alicyclic amines) is 1. The van der Waals surface area contributed by atoms with Crippen LogP contribution in [0.4, 0.5) is 0 Å². The van der Waals surface area contributed by atoms with E-state index in [4.69, 9.17) is 16.3 Å². The molecule has 0 radical (unpaired) electrons. The summed E-state index contributed by atoms with van der Waals surface area (Å²) in [6.45, 7) is 6.01. The van der Waals surface area contributed by atoms with Gasteiger partial charge >= 0.3 is 5.97 Å². The molecule has 1 aromatic carbocycles. The molecule has 0 spiro atoms. The lowest BCUT2D eigenvalue weighted by atomic mass is 10.1. The first-order valence-corrected chi connectivity index (χ1v) is 7.46. The molecule has 114 valence electrons. The molecule has 0 aliphatic carbocycles. The van der Waals surface area contributed by atoms with Gasteiger partial charge < -0.3 is 9.64 Å². The van der Waals surface area contributed by atoms with Crippen LogP contribution < -0.4 is 0 Å². The highest BCUT2D eigenvalue weighted by Gasteiger charge is 2.37. The van der Waals surface area contributed by atoms with Crippen LogP contribution in [0.1, 0.15) is 44.0 Å². The molecule has 5 heteroatoms. The molecule has 0 aromatic heterocycles. The van der Waals surface area contributed by atoms with Crippen molar-refractivity contribution in [3.05, 3.63) is 34.9 Å². The number of esters is 1. The highest BCUT2D eigenvalue weighted by atomic mass is 35.5. The van der Waals surface area contributed by atoms with E-state index < -0.39 is 11.6 Å². The second-order valence-corrected chi connectivity index (χ2v) is 6.58. The lowest BCUT2D eigenvalue weighted by molar-refractivity contribution is -0.159. The minimum atomic E-state index is -0.557. The maximum Gasteiger partial charge on any atom is 0.329 e. The van der Waals surface area contributed by atoms with Crippen molar-refractivity contribution in [3.63, 3.8) is 0 Å². The van der Waals surface area contributed by atoms with Crippen LogP contribution in [0.25, 0.3) is 0 Å². The summed E-state index contributed by atoms with van der Waals surface area (Å²) >= 11 is 6.07. The molecule has 0 N–H and O–H groups in total. The van der Waals surface area contributed by atoms with E-state index in [-0.39, 0.29) is 11.9 Å². The maximum atomic E-state index is 12.6. The van der Waals surface area contributed by atoms with Crippen molar-refractivity contribution in [1.29, 1.82) is 0 Å². The van der Waals surface area contributed by atoms with E-state index in [9.17, 15) is 9.59 Å². The Morgan fingerprint density at radius 3 is 2.57 bits per heavy atom. The average Bonchev–Trinajstić information content (AvgIpc) is 2.85. The molecule has 1 heterocycles. The summed E-state index contributed by atoms with van der Waals surface area (Å²) in [4.78, 5) is 26.4. The number of carbonyl (C=O) groups is 2. The number of nitrogens with zero attached hydrogens (tertiary/aromatic N) is 1. The fourth-order valence-electron chi connectivity index (χ4n) is 2.41. The molecule has 1 aliphatic rings. The van der Waals surface area contributed by atoms with Crippen LogP contribution in [-0.2, 0) is 9.53 Å². The summed E-state index contributed by atoms with van der Waals surface area (Å²) in [5.41, 5.74) is -0.131. The van der Waals surface area contributed by atoms with Crippen LogP contribution in [0.5, 0.6) is 0 Å². The van der Waals surface area contributed by atoms with Crippen LogP contribution in [0.2, 0.25) is 5.02 Å². The van der Waals surface area contributed by atoms with Gasteiger partial charge in [-0.25, -0.2) is 4.79 Å². The highest BCUT2D eigenvalue weighted by molar-refractivity contribution is 6.33. The number of hydrogen-bond donors (Lipinski definition) is 0. The normalized spacial score (nSPS) is 18.7. The molecule has 1 aromatic rings. The summed E-state index contributed by atoms with van der Waals surface area (Å²) in [6.07, 6.45) is 1.42. The van der Waals surface area contributed by atoms with Crippen molar-refractivity contribution in [2.24, 2.45) is 0 Å². The fraction of sp³-hybridized carbons (Fsp3) is 0.500. The lowest BCUT2D eigenvalue weighted by Crippen LogP contribution is -2.43. The van der Waals surface area contributed by atoms with Crippen molar-refractivity contribution in [3.8, 4) is 0 Å². The van der Waals surface area contributed by atoms with Crippen LogP contribution in [-0.4, -0.2) is 35.0 Å². The van der Waals surface area contributed by atoms with Crippen molar-refractivity contribution >= 4 is 23.5 Å². The van der Waals surface area contributed by atoms with E-state index in [2.05, 4.69) is 0 Å². The number of amides is 1. The molecule has 1 aliphatic heterocycles. The predicted octanol–water partition coefficient (Wildman–Crippen LogP) is 3.29. The molecule has 1 amide bonds. The number of ether oxygens (including phenoxy) is 1. The Hall–Kier alpha value is -1.55. The molecule has 1 fully saturated rings. The van der Waals surface area contributed by atoms with Crippen LogP contribution >= 0.6 is 11.6 Å². The monoisotopic (exact) mass is 309 g/mol. The Morgan fingerprint density at radius 1 is 1.29 bits per heavy atom. The van der Waals surface area contributed by atoms with Crippen LogP contribution in [0.3, 0.4) is 0 Å². The number of benzene rings is 1. The van der Waals surface area contributed by atoms with E-state index in [0.29, 0.717) is 23.6 Å². The minimum Gasteiger partial charge on any atom is -0.458 e. The van der Waals surface area contributed by atoms with Gasteiger partial charge in [-0.2, -0.15) is 0 Å². The van der Waals surface area contributed by atoms with Gasteiger partial charge in [0.25, 0.3) is 5.91 Å². The Bertz CT molecular complexity index is 551. The summed E-state index contributed by atoms with van der Waals surface area (Å²) in [5, 5.41) is 0.400. The third kappa shape index (κ3) is 3.76. The van der Waals surface area contributed by atoms with E-state index >= 15 is 0 Å². The van der Waals surface area contributed by atoms with E-state index in [1.807, 2.05) is 20.8 Å². The Kier molecular flexibility index (Phi) is 4.57. The third-order valence-electron chi connectivity index (χ3n) is 3.30. The van der Waals surface area contributed by atoms with Gasteiger partial charge in [-0.15, -0.1) is 0 Å². The van der Waals surface area contributed by atoms with Crippen molar-refractivity contribution in [1.82, 2.24) is 4.90 Å². The molecular formula is C16H20ClNO3. The molecule has 0 saturated carbocycles. The van der Waals surface area contributed by atoms with Gasteiger partial charge in [-0.1, -0.05) is 23.7 Å². The lowest BCUT2D eigenvalue weighted by Gasteiger charge is -2.27. The number of rotatable bonds is 2. The zero-order chi connectivity index (χ0) is 15.6. The molecule has 1 atom stereocenters. The van der Waals surface area contributed by atoms with Crippen molar-refractivity contribution in [2.75, 3.05) is 6.54 Å². The van der Waals surface area contributed by atoms with Gasteiger partial charge in [-0.3, -0.25) is 4.79 Å².